The van der Waals surface area contributed by atoms with E-state index in [9.17, 15) is 14.4 Å². The highest BCUT2D eigenvalue weighted by Gasteiger charge is 2.23. The topological polar surface area (TPSA) is 103 Å². The molecule has 2 N–H and O–H groups in total. The second-order valence-corrected chi connectivity index (χ2v) is 7.94. The van der Waals surface area contributed by atoms with Gasteiger partial charge in [0.05, 0.1) is 11.7 Å². The van der Waals surface area contributed by atoms with Crippen molar-refractivity contribution < 1.29 is 28.6 Å². The van der Waals surface area contributed by atoms with Crippen molar-refractivity contribution in [2.45, 2.75) is 57.6 Å². The van der Waals surface area contributed by atoms with Gasteiger partial charge in [-0.15, -0.1) is 0 Å². The second-order valence-electron chi connectivity index (χ2n) is 7.94. The van der Waals surface area contributed by atoms with Crippen LogP contribution >= 0.6 is 0 Å². The average molecular weight is 418 g/mol. The zero-order valence-corrected chi connectivity index (χ0v) is 17.4. The van der Waals surface area contributed by atoms with Crippen molar-refractivity contribution >= 4 is 17.9 Å². The minimum absolute atomic E-state index is 0.0649. The summed E-state index contributed by atoms with van der Waals surface area (Å²) in [7, 11) is 0. The lowest BCUT2D eigenvalue weighted by Gasteiger charge is -2.29. The van der Waals surface area contributed by atoms with Crippen molar-refractivity contribution in [3.63, 3.8) is 0 Å². The van der Waals surface area contributed by atoms with Crippen molar-refractivity contribution in [2.24, 2.45) is 5.92 Å². The van der Waals surface area contributed by atoms with Crippen LogP contribution in [-0.2, 0) is 14.3 Å². The van der Waals surface area contributed by atoms with Crippen LogP contribution in [0.4, 0.5) is 4.79 Å². The molecule has 1 aliphatic carbocycles. The third-order valence-corrected chi connectivity index (χ3v) is 5.57. The smallest absolute Gasteiger partial charge is 0.338 e. The highest BCUT2D eigenvalue weighted by atomic mass is 16.5. The van der Waals surface area contributed by atoms with Crippen molar-refractivity contribution in [1.29, 1.82) is 0 Å². The van der Waals surface area contributed by atoms with E-state index in [2.05, 4.69) is 17.6 Å². The molecule has 0 radical (unpaired) electrons. The first kappa shape index (κ1) is 22.1. The summed E-state index contributed by atoms with van der Waals surface area (Å²) >= 11 is 0. The van der Waals surface area contributed by atoms with E-state index >= 15 is 0 Å². The Bertz CT molecular complexity index is 730. The first-order valence-electron chi connectivity index (χ1n) is 10.6. The van der Waals surface area contributed by atoms with Crippen LogP contribution in [-0.4, -0.2) is 49.9 Å². The molecule has 1 heterocycles. The monoisotopic (exact) mass is 418 g/mol. The van der Waals surface area contributed by atoms with E-state index in [1.165, 1.54) is 0 Å². The number of hydrogen-bond donors (Lipinski definition) is 2. The molecule has 3 rings (SSSR count). The van der Waals surface area contributed by atoms with Crippen molar-refractivity contribution in [3.8, 4) is 5.75 Å². The minimum Gasteiger partial charge on any atom is -0.491 e. The zero-order chi connectivity index (χ0) is 21.3. The van der Waals surface area contributed by atoms with Gasteiger partial charge in [-0.25, -0.2) is 9.59 Å². The third kappa shape index (κ3) is 6.73. The molecule has 2 fully saturated rings. The van der Waals surface area contributed by atoms with E-state index in [1.807, 2.05) is 0 Å². The summed E-state index contributed by atoms with van der Waals surface area (Å²) in [5.41, 5.74) is 0.299. The van der Waals surface area contributed by atoms with Crippen molar-refractivity contribution in [1.82, 2.24) is 10.6 Å². The molecule has 0 spiro atoms. The summed E-state index contributed by atoms with van der Waals surface area (Å²) in [5.74, 6) is -0.290. The molecule has 0 bridgehead atoms. The molecule has 3 amide bonds. The maximum atomic E-state index is 12.1. The van der Waals surface area contributed by atoms with Crippen LogP contribution in [0, 0.1) is 5.92 Å². The Kier molecular flexibility index (Phi) is 8.07. The predicted molar refractivity (Wildman–Crippen MR) is 109 cm³/mol. The number of benzene rings is 1. The van der Waals surface area contributed by atoms with Gasteiger partial charge in [0.1, 0.15) is 12.4 Å². The van der Waals surface area contributed by atoms with E-state index in [0.29, 0.717) is 23.8 Å². The van der Waals surface area contributed by atoms with Crippen LogP contribution in [0.2, 0.25) is 0 Å². The predicted octanol–water partition coefficient (Wildman–Crippen LogP) is 2.81. The van der Waals surface area contributed by atoms with Gasteiger partial charge < -0.3 is 19.5 Å². The Morgan fingerprint density at radius 3 is 2.53 bits per heavy atom. The van der Waals surface area contributed by atoms with Crippen LogP contribution < -0.4 is 15.4 Å². The number of ether oxygens (including phenoxy) is 3. The SMILES string of the molecule is C[C@@H]1CCCC[C@H]1NC(=O)NC(=O)COC(=O)c1ccc(OC[C@@H]2CCCO2)cc1. The number of nitrogens with one attached hydrogen (secondary N) is 2. The summed E-state index contributed by atoms with van der Waals surface area (Å²) in [6, 6.07) is 6.00. The van der Waals surface area contributed by atoms with E-state index in [0.717, 1.165) is 45.1 Å². The van der Waals surface area contributed by atoms with E-state index < -0.39 is 24.5 Å². The molecule has 2 aliphatic rings. The lowest BCUT2D eigenvalue weighted by atomic mass is 9.86. The maximum Gasteiger partial charge on any atom is 0.338 e. The lowest BCUT2D eigenvalue weighted by molar-refractivity contribution is -0.123. The molecule has 1 aromatic carbocycles. The van der Waals surface area contributed by atoms with Crippen LogP contribution in [0.5, 0.6) is 5.75 Å². The summed E-state index contributed by atoms with van der Waals surface area (Å²) in [6.45, 7) is 2.82. The van der Waals surface area contributed by atoms with Gasteiger partial charge in [-0.3, -0.25) is 10.1 Å². The number of urea groups is 1. The fourth-order valence-electron chi connectivity index (χ4n) is 3.76. The molecule has 0 aromatic heterocycles. The standard InChI is InChI=1S/C22H30N2O6/c1-15-5-2-3-7-19(15)23-22(27)24-20(25)14-30-21(26)16-8-10-17(11-9-16)29-13-18-6-4-12-28-18/h8-11,15,18-19H,2-7,12-14H2,1H3,(H2,23,24,25,27)/t15-,18+,19-/m1/s1. The number of imide groups is 1. The van der Waals surface area contributed by atoms with Gasteiger partial charge in [0.25, 0.3) is 5.91 Å². The third-order valence-electron chi connectivity index (χ3n) is 5.57. The molecule has 3 atom stereocenters. The largest absolute Gasteiger partial charge is 0.491 e. The fourth-order valence-corrected chi connectivity index (χ4v) is 3.76. The van der Waals surface area contributed by atoms with Gasteiger partial charge >= 0.3 is 12.0 Å². The minimum atomic E-state index is -0.666. The molecular formula is C22H30N2O6. The molecule has 1 saturated heterocycles. The highest BCUT2D eigenvalue weighted by Crippen LogP contribution is 2.23. The summed E-state index contributed by atoms with van der Waals surface area (Å²) < 4.78 is 16.1. The molecule has 0 unspecified atom stereocenters. The number of esters is 1. The lowest BCUT2D eigenvalue weighted by Crippen LogP contribution is -2.48. The van der Waals surface area contributed by atoms with Crippen LogP contribution in [0.25, 0.3) is 0 Å². The number of carbonyl (C=O) groups is 3. The Balaban J connectivity index is 1.36. The normalized spacial score (nSPS) is 23.4. The van der Waals surface area contributed by atoms with Crippen LogP contribution in [0.15, 0.2) is 24.3 Å². The van der Waals surface area contributed by atoms with Crippen molar-refractivity contribution in [3.05, 3.63) is 29.8 Å². The van der Waals surface area contributed by atoms with Gasteiger partial charge in [-0.2, -0.15) is 0 Å². The molecule has 1 saturated carbocycles. The van der Waals surface area contributed by atoms with Crippen LogP contribution in [0.1, 0.15) is 55.8 Å². The number of hydrogen-bond acceptors (Lipinski definition) is 6. The highest BCUT2D eigenvalue weighted by molar-refractivity contribution is 5.97. The molecule has 1 aromatic rings. The summed E-state index contributed by atoms with van der Waals surface area (Å²) in [5, 5.41) is 5.03. The Hall–Kier alpha value is -2.61. The number of carbonyl (C=O) groups excluding carboxylic acids is 3. The second kappa shape index (κ2) is 11.0. The van der Waals surface area contributed by atoms with Gasteiger partial charge in [0.15, 0.2) is 6.61 Å². The molecule has 8 nitrogen and oxygen atoms in total. The fraction of sp³-hybridized carbons (Fsp3) is 0.591. The molecule has 164 valence electrons. The number of rotatable bonds is 7. The average Bonchev–Trinajstić information content (AvgIpc) is 3.26. The first-order chi connectivity index (χ1) is 14.5. The zero-order valence-electron chi connectivity index (χ0n) is 17.4. The van der Waals surface area contributed by atoms with Gasteiger partial charge in [-0.1, -0.05) is 19.8 Å². The van der Waals surface area contributed by atoms with E-state index in [-0.39, 0.29) is 12.1 Å². The van der Waals surface area contributed by atoms with Crippen LogP contribution in [0.3, 0.4) is 0 Å². The Morgan fingerprint density at radius 2 is 1.83 bits per heavy atom. The molecule has 1 aliphatic heterocycles. The molecule has 30 heavy (non-hydrogen) atoms. The Labute approximate surface area is 176 Å². The van der Waals surface area contributed by atoms with Gasteiger partial charge in [0, 0.05) is 12.6 Å². The summed E-state index contributed by atoms with van der Waals surface area (Å²) in [6.07, 6.45) is 6.36. The Morgan fingerprint density at radius 1 is 1.07 bits per heavy atom. The van der Waals surface area contributed by atoms with Gasteiger partial charge in [0.2, 0.25) is 0 Å². The van der Waals surface area contributed by atoms with E-state index in [4.69, 9.17) is 14.2 Å². The van der Waals surface area contributed by atoms with E-state index in [1.54, 1.807) is 24.3 Å². The molecule has 8 heteroatoms. The number of amides is 3. The first-order valence-corrected chi connectivity index (χ1v) is 10.6. The van der Waals surface area contributed by atoms with Gasteiger partial charge in [-0.05, 0) is 55.9 Å². The maximum absolute atomic E-state index is 12.1. The molecular weight excluding hydrogens is 388 g/mol. The quantitative estimate of drug-likeness (QED) is 0.660. The van der Waals surface area contributed by atoms with Crippen molar-refractivity contribution in [2.75, 3.05) is 19.8 Å². The summed E-state index contributed by atoms with van der Waals surface area (Å²) in [4.78, 5) is 36.0.